The highest BCUT2D eigenvalue weighted by molar-refractivity contribution is 5.82. The Balaban J connectivity index is 0. The second-order valence-electron chi connectivity index (χ2n) is 4.86. The van der Waals surface area contributed by atoms with Gasteiger partial charge in [0.2, 0.25) is 5.91 Å². The van der Waals surface area contributed by atoms with Gasteiger partial charge in [-0.05, 0) is 6.92 Å². The minimum atomic E-state index is -5.19. The number of carbonyl (C=O) groups excluding carboxylic acids is 4. The molecular weight excluding hydrogens is 412 g/mol. The fraction of sp³-hybridized carbons (Fsp3) is 0.667. The van der Waals surface area contributed by atoms with Gasteiger partial charge in [0.15, 0.2) is 0 Å². The Bertz CT molecular complexity index is 553. The lowest BCUT2D eigenvalue weighted by Crippen LogP contribution is -2.88. The van der Waals surface area contributed by atoms with Gasteiger partial charge in [-0.3, -0.25) is 14.9 Å². The van der Waals surface area contributed by atoms with E-state index >= 15 is 0 Å². The van der Waals surface area contributed by atoms with Crippen molar-refractivity contribution in [3.05, 3.63) is 0 Å². The molecule has 0 saturated carbocycles. The van der Waals surface area contributed by atoms with Crippen molar-refractivity contribution in [1.29, 1.82) is 0 Å². The first-order chi connectivity index (χ1) is 12.6. The highest BCUT2D eigenvalue weighted by Gasteiger charge is 2.42. The van der Waals surface area contributed by atoms with Gasteiger partial charge in [0.25, 0.3) is 0 Å². The van der Waals surface area contributed by atoms with Crippen molar-refractivity contribution in [1.82, 2.24) is 10.6 Å². The molecule has 0 heterocycles. The van der Waals surface area contributed by atoms with Gasteiger partial charge in [0.05, 0.1) is 13.5 Å². The van der Waals surface area contributed by atoms with Crippen molar-refractivity contribution in [2.45, 2.75) is 37.8 Å². The smallest absolute Gasteiger partial charge is 0.430 e. The molecule has 0 aliphatic carbocycles. The van der Waals surface area contributed by atoms with Crippen molar-refractivity contribution >= 4 is 23.8 Å². The summed E-state index contributed by atoms with van der Waals surface area (Å²) in [6, 6.07) is -3.62. The Kier molecular flexibility index (Phi) is 12.0. The lowest BCUT2D eigenvalue weighted by atomic mass is 10.1. The lowest BCUT2D eigenvalue weighted by Gasteiger charge is -2.23. The second kappa shape index (κ2) is 12.1. The molecule has 164 valence electrons. The third-order valence-electron chi connectivity index (χ3n) is 2.68. The van der Waals surface area contributed by atoms with E-state index in [0.29, 0.717) is 0 Å². The summed E-state index contributed by atoms with van der Waals surface area (Å²) in [5.74, 6) is -5.81. The molecule has 2 atom stereocenters. The van der Waals surface area contributed by atoms with Crippen LogP contribution in [0, 0.1) is 0 Å². The van der Waals surface area contributed by atoms with Gasteiger partial charge in [-0.1, -0.05) is 0 Å². The molecule has 0 rings (SSSR count). The number of hydrogen-bond donors (Lipinski definition) is 4. The zero-order valence-electron chi connectivity index (χ0n) is 14.3. The number of nitrogens with one attached hydrogen (secondary N) is 2. The van der Waals surface area contributed by atoms with Crippen LogP contribution >= 0.6 is 0 Å². The van der Waals surface area contributed by atoms with E-state index in [9.17, 15) is 40.7 Å². The number of amides is 2. The van der Waals surface area contributed by atoms with E-state index in [4.69, 9.17) is 15.1 Å². The molecule has 0 saturated heterocycles. The Labute approximate surface area is 153 Å². The van der Waals surface area contributed by atoms with Crippen LogP contribution in [0.1, 0.15) is 13.3 Å². The van der Waals surface area contributed by atoms with Gasteiger partial charge in [0, 0.05) is 0 Å². The number of quaternary nitrogens is 1. The Morgan fingerprint density at radius 2 is 1.61 bits per heavy atom. The van der Waals surface area contributed by atoms with Crippen LogP contribution in [0.3, 0.4) is 0 Å². The third kappa shape index (κ3) is 12.8. The van der Waals surface area contributed by atoms with E-state index in [2.05, 4.69) is 4.74 Å². The number of halogens is 6. The fourth-order valence-corrected chi connectivity index (χ4v) is 1.27. The number of carbonyl (C=O) groups is 4. The summed E-state index contributed by atoms with van der Waals surface area (Å²) in [4.78, 5) is 41.9. The lowest BCUT2D eigenvalue weighted by molar-refractivity contribution is -0.815. The number of rotatable bonds is 7. The van der Waals surface area contributed by atoms with Crippen molar-refractivity contribution in [2.75, 3.05) is 13.7 Å². The van der Waals surface area contributed by atoms with E-state index in [1.54, 1.807) is 0 Å². The molecule has 16 heteroatoms. The first-order valence-electron chi connectivity index (χ1n) is 7.01. The highest BCUT2D eigenvalue weighted by atomic mass is 19.4. The van der Waals surface area contributed by atoms with E-state index in [-0.39, 0.29) is 5.48 Å². The van der Waals surface area contributed by atoms with Crippen LogP contribution in [-0.4, -0.2) is 67.1 Å². The largest absolute Gasteiger partial charge is 0.542 e. The summed E-state index contributed by atoms with van der Waals surface area (Å²) in [6.07, 6.45) is -11.0. The molecule has 0 aromatic rings. The van der Waals surface area contributed by atoms with Crippen LogP contribution in [-0.2, 0) is 23.9 Å². The van der Waals surface area contributed by atoms with Gasteiger partial charge < -0.3 is 20.0 Å². The van der Waals surface area contributed by atoms with Crippen LogP contribution in [0.2, 0.25) is 0 Å². The molecule has 0 spiro atoms. The first-order valence-corrected chi connectivity index (χ1v) is 7.01. The highest BCUT2D eigenvalue weighted by Crippen LogP contribution is 2.22. The van der Waals surface area contributed by atoms with Gasteiger partial charge >= 0.3 is 24.2 Å². The standard InChI is InChI=1S/C10H16F3N3O5.C2HF3O2/c1-5(9(19)16-20)15-6(10(11,12)13)3-7(17)14-4-8(18)21-2;3-2(4,5)1(6)7/h5-6,15,20H,3-4H2,1-2H3,(H,14,17)(H,16,19);(H,6,7)/t5-,6?;/m0./s1. The number of aliphatic carboxylic acids is 1. The summed E-state index contributed by atoms with van der Waals surface area (Å²) < 4.78 is 74.0. The van der Waals surface area contributed by atoms with E-state index < -0.39 is 61.2 Å². The normalized spacial score (nSPS) is 13.5. The van der Waals surface area contributed by atoms with Gasteiger partial charge in [0.1, 0.15) is 24.6 Å². The number of methoxy groups -OCH3 is 1. The zero-order valence-corrected chi connectivity index (χ0v) is 14.3. The number of alkyl halides is 6. The van der Waals surface area contributed by atoms with Gasteiger partial charge in [-0.15, -0.1) is 5.48 Å². The molecule has 28 heavy (non-hydrogen) atoms. The molecule has 10 nitrogen and oxygen atoms in total. The summed E-state index contributed by atoms with van der Waals surface area (Å²) in [6.45, 7) is 0.555. The van der Waals surface area contributed by atoms with Crippen molar-refractivity contribution < 1.29 is 66.1 Å². The average Bonchev–Trinajstić information content (AvgIpc) is 2.56. The molecule has 1 unspecified atom stereocenters. The molecule has 5 N–H and O–H groups in total. The number of ether oxygens (including phenoxy) is 1. The van der Waals surface area contributed by atoms with Gasteiger partial charge in [-0.25, -0.2) is 10.0 Å². The maximum Gasteiger partial charge on any atom is 0.430 e. The molecule has 0 aliphatic rings. The van der Waals surface area contributed by atoms with Gasteiger partial charge in [-0.2, -0.15) is 26.3 Å². The molecule has 0 radical (unpaired) electrons. The van der Waals surface area contributed by atoms with Crippen LogP contribution in [0.4, 0.5) is 26.3 Å². The predicted molar refractivity (Wildman–Crippen MR) is 71.9 cm³/mol. The van der Waals surface area contributed by atoms with Crippen LogP contribution in [0.5, 0.6) is 0 Å². The first kappa shape index (κ1) is 27.8. The number of hydroxylamine groups is 1. The molecule has 0 fully saturated rings. The summed E-state index contributed by atoms with van der Waals surface area (Å²) in [7, 11) is 1.06. The zero-order chi connectivity index (χ0) is 22.7. The Morgan fingerprint density at radius 3 is 1.93 bits per heavy atom. The summed E-state index contributed by atoms with van der Waals surface area (Å²) >= 11 is 0. The van der Waals surface area contributed by atoms with Crippen LogP contribution in [0.25, 0.3) is 0 Å². The predicted octanol–water partition coefficient (Wildman–Crippen LogP) is -2.65. The van der Waals surface area contributed by atoms with Crippen molar-refractivity contribution in [3.8, 4) is 0 Å². The van der Waals surface area contributed by atoms with Crippen LogP contribution in [0.15, 0.2) is 0 Å². The van der Waals surface area contributed by atoms with E-state index in [1.165, 1.54) is 0 Å². The van der Waals surface area contributed by atoms with Crippen molar-refractivity contribution in [3.63, 3.8) is 0 Å². The van der Waals surface area contributed by atoms with E-state index in [1.807, 2.05) is 10.6 Å². The Hall–Kier alpha value is -2.46. The molecule has 2 amide bonds. The SMILES string of the molecule is COC(=O)CNC(=O)CC(N[C@@H](C)C(=O)[NH2+]O)C(F)(F)F.O=C([O-])C(F)(F)F. The minimum Gasteiger partial charge on any atom is -0.542 e. The molecular formula is C12H17F6N3O7. The number of primary amides is 1. The molecule has 0 aliphatic heterocycles. The van der Waals surface area contributed by atoms with Crippen LogP contribution < -0.4 is 21.2 Å². The monoisotopic (exact) mass is 429 g/mol. The summed E-state index contributed by atoms with van der Waals surface area (Å²) in [5, 5.41) is 21.1. The second-order valence-corrected chi connectivity index (χ2v) is 4.86. The maximum absolute atomic E-state index is 12.8. The topological polar surface area (TPSA) is 161 Å². The van der Waals surface area contributed by atoms with Crippen molar-refractivity contribution in [2.24, 2.45) is 0 Å². The fourth-order valence-electron chi connectivity index (χ4n) is 1.27. The Morgan fingerprint density at radius 1 is 1.14 bits per heavy atom. The van der Waals surface area contributed by atoms with E-state index in [0.717, 1.165) is 14.0 Å². The third-order valence-corrected chi connectivity index (χ3v) is 2.68. The number of hydrogen-bond acceptors (Lipinski definition) is 8. The average molecular weight is 429 g/mol. The quantitative estimate of drug-likeness (QED) is 0.148. The number of carboxylic acids is 1. The number of esters is 1. The minimum absolute atomic E-state index is 0.141. The maximum atomic E-state index is 12.8. The number of carboxylic acid groups (broad SMARTS) is 1. The summed E-state index contributed by atoms with van der Waals surface area (Å²) in [5.41, 5.74) is 0.141. The molecule has 0 aromatic heterocycles. The molecule has 0 bridgehead atoms. The number of nitrogens with two attached hydrogens (primary N) is 1. The molecule has 0 aromatic carbocycles.